The molecule has 1 aromatic heterocycles. The molecule has 0 radical (unpaired) electrons. The average molecular weight is 368 g/mol. The first-order valence-corrected chi connectivity index (χ1v) is 10.2. The summed E-state index contributed by atoms with van der Waals surface area (Å²) < 4.78 is 28.3. The van der Waals surface area contributed by atoms with E-state index < -0.39 is 10.0 Å². The van der Waals surface area contributed by atoms with Crippen molar-refractivity contribution in [2.45, 2.75) is 24.3 Å². The third-order valence-electron chi connectivity index (χ3n) is 4.57. The van der Waals surface area contributed by atoms with Gasteiger partial charge in [-0.05, 0) is 30.4 Å². The third kappa shape index (κ3) is 3.40. The maximum atomic E-state index is 12.8. The van der Waals surface area contributed by atoms with E-state index in [0.29, 0.717) is 17.0 Å². The van der Waals surface area contributed by atoms with Gasteiger partial charge in [0.05, 0.1) is 17.1 Å². The molecule has 0 amide bonds. The van der Waals surface area contributed by atoms with E-state index in [4.69, 9.17) is 0 Å². The van der Waals surface area contributed by atoms with E-state index in [1.807, 2.05) is 30.3 Å². The molecule has 0 aliphatic carbocycles. The van der Waals surface area contributed by atoms with Crippen LogP contribution in [0.15, 0.2) is 59.6 Å². The lowest BCUT2D eigenvalue weighted by Crippen LogP contribution is -2.25. The minimum absolute atomic E-state index is 0.134. The van der Waals surface area contributed by atoms with Crippen molar-refractivity contribution in [1.29, 1.82) is 0 Å². The Bertz CT molecular complexity index is 1030. The van der Waals surface area contributed by atoms with Gasteiger partial charge in [-0.1, -0.05) is 36.4 Å². The monoisotopic (exact) mass is 368 g/mol. The Morgan fingerprint density at radius 3 is 2.62 bits per heavy atom. The van der Waals surface area contributed by atoms with Crippen LogP contribution in [-0.4, -0.2) is 31.5 Å². The maximum absolute atomic E-state index is 12.8. The highest BCUT2D eigenvalue weighted by Gasteiger charge is 2.18. The first-order valence-electron chi connectivity index (χ1n) is 8.68. The lowest BCUT2D eigenvalue weighted by atomic mass is 10.1. The molecular formula is C19H20N4O2S. The molecule has 7 heteroatoms. The van der Waals surface area contributed by atoms with E-state index in [1.54, 1.807) is 24.4 Å². The Balaban J connectivity index is 1.56. The molecule has 6 nitrogen and oxygen atoms in total. The van der Waals surface area contributed by atoms with Gasteiger partial charge in [-0.15, -0.1) is 0 Å². The number of nitrogens with zero attached hydrogens (tertiary/aromatic N) is 3. The van der Waals surface area contributed by atoms with Gasteiger partial charge in [0, 0.05) is 24.7 Å². The van der Waals surface area contributed by atoms with Crippen molar-refractivity contribution < 1.29 is 8.42 Å². The molecule has 1 aliphatic rings. The molecule has 2 heterocycles. The number of nitrogens with one attached hydrogen (secondary N) is 1. The summed E-state index contributed by atoms with van der Waals surface area (Å²) in [6.45, 7) is 2.03. The number of anilines is 1. The van der Waals surface area contributed by atoms with Crippen LogP contribution in [0.2, 0.25) is 0 Å². The van der Waals surface area contributed by atoms with Crippen LogP contribution in [-0.2, 0) is 16.6 Å². The second-order valence-corrected chi connectivity index (χ2v) is 8.08. The van der Waals surface area contributed by atoms with Gasteiger partial charge in [0.2, 0.25) is 16.0 Å². The molecule has 0 unspecified atom stereocenters. The molecule has 0 atom stereocenters. The fourth-order valence-corrected chi connectivity index (χ4v) is 4.46. The maximum Gasteiger partial charge on any atom is 0.241 e. The van der Waals surface area contributed by atoms with Crippen molar-refractivity contribution in [3.05, 3.63) is 60.4 Å². The Morgan fingerprint density at radius 2 is 1.77 bits per heavy atom. The van der Waals surface area contributed by atoms with Gasteiger partial charge in [0.1, 0.15) is 0 Å². The normalized spacial score (nSPS) is 14.8. The summed E-state index contributed by atoms with van der Waals surface area (Å²) in [7, 11) is -3.64. The fourth-order valence-electron chi connectivity index (χ4n) is 3.23. The van der Waals surface area contributed by atoms with Gasteiger partial charge < -0.3 is 4.90 Å². The summed E-state index contributed by atoms with van der Waals surface area (Å²) in [6.07, 6.45) is 3.96. The molecule has 26 heavy (non-hydrogen) atoms. The minimum atomic E-state index is -3.64. The molecular weight excluding hydrogens is 348 g/mol. The zero-order chi connectivity index (χ0) is 18.0. The largest absolute Gasteiger partial charge is 0.341 e. The third-order valence-corrected chi connectivity index (χ3v) is 6.03. The Kier molecular flexibility index (Phi) is 4.57. The van der Waals surface area contributed by atoms with Crippen LogP contribution in [0.25, 0.3) is 10.8 Å². The Morgan fingerprint density at radius 1 is 1.00 bits per heavy atom. The first-order chi connectivity index (χ1) is 12.6. The molecule has 2 aromatic carbocycles. The summed E-state index contributed by atoms with van der Waals surface area (Å²) in [5.74, 6) is 0.671. The number of fused-ring (bicyclic) bond motifs is 1. The van der Waals surface area contributed by atoms with Crippen molar-refractivity contribution in [3.8, 4) is 0 Å². The van der Waals surface area contributed by atoms with Crippen molar-refractivity contribution in [2.75, 3.05) is 18.0 Å². The predicted molar refractivity (Wildman–Crippen MR) is 101 cm³/mol. The highest BCUT2D eigenvalue weighted by Crippen LogP contribution is 2.23. The first kappa shape index (κ1) is 16.9. The number of rotatable bonds is 5. The molecule has 4 rings (SSSR count). The lowest BCUT2D eigenvalue weighted by Gasteiger charge is -2.15. The average Bonchev–Trinajstić information content (AvgIpc) is 3.21. The van der Waals surface area contributed by atoms with Crippen molar-refractivity contribution in [2.24, 2.45) is 0 Å². The van der Waals surface area contributed by atoms with Crippen LogP contribution in [0.1, 0.15) is 18.5 Å². The van der Waals surface area contributed by atoms with Gasteiger partial charge in [-0.2, -0.15) is 0 Å². The number of sulfonamides is 1. The zero-order valence-electron chi connectivity index (χ0n) is 14.3. The molecule has 1 fully saturated rings. The summed E-state index contributed by atoms with van der Waals surface area (Å²) in [5.41, 5.74) is 0.658. The second-order valence-electron chi connectivity index (χ2n) is 6.34. The zero-order valence-corrected chi connectivity index (χ0v) is 15.1. The Hall–Kier alpha value is -2.51. The van der Waals surface area contributed by atoms with E-state index in [0.717, 1.165) is 31.3 Å². The number of aromatic nitrogens is 2. The van der Waals surface area contributed by atoms with Gasteiger partial charge in [0.15, 0.2) is 0 Å². The minimum Gasteiger partial charge on any atom is -0.341 e. The molecule has 3 aromatic rings. The summed E-state index contributed by atoms with van der Waals surface area (Å²) in [5, 5.41) is 1.61. The van der Waals surface area contributed by atoms with E-state index in [-0.39, 0.29) is 11.4 Å². The van der Waals surface area contributed by atoms with E-state index >= 15 is 0 Å². The summed E-state index contributed by atoms with van der Waals surface area (Å²) in [6, 6.07) is 14.5. The van der Waals surface area contributed by atoms with Crippen LogP contribution in [0, 0.1) is 0 Å². The van der Waals surface area contributed by atoms with Gasteiger partial charge in [-0.25, -0.2) is 23.1 Å². The Labute approximate surface area is 152 Å². The quantitative estimate of drug-likeness (QED) is 0.749. The number of hydrogen-bond acceptors (Lipinski definition) is 5. The molecule has 134 valence electrons. The van der Waals surface area contributed by atoms with Crippen molar-refractivity contribution in [3.63, 3.8) is 0 Å². The second kappa shape index (κ2) is 7.01. The molecule has 1 saturated heterocycles. The molecule has 0 spiro atoms. The number of hydrogen-bond donors (Lipinski definition) is 1. The topological polar surface area (TPSA) is 75.2 Å². The highest BCUT2D eigenvalue weighted by atomic mass is 32.2. The summed E-state index contributed by atoms with van der Waals surface area (Å²) >= 11 is 0. The molecule has 0 saturated carbocycles. The fraction of sp³-hybridized carbons (Fsp3) is 0.263. The lowest BCUT2D eigenvalue weighted by molar-refractivity contribution is 0.581. The predicted octanol–water partition coefficient (Wildman–Crippen LogP) is 2.71. The standard InChI is InChI=1S/C19H20N4O2S/c24-26(25,18-9-5-7-15-6-1-2-8-17(15)18)21-14-16-10-11-20-19(22-16)23-12-3-4-13-23/h1-2,5-11,21H,3-4,12-14H2. The van der Waals surface area contributed by atoms with Crippen molar-refractivity contribution >= 4 is 26.7 Å². The smallest absolute Gasteiger partial charge is 0.241 e. The summed E-state index contributed by atoms with van der Waals surface area (Å²) in [4.78, 5) is 11.2. The highest BCUT2D eigenvalue weighted by molar-refractivity contribution is 7.89. The van der Waals surface area contributed by atoms with E-state index in [1.165, 1.54) is 0 Å². The molecule has 1 aliphatic heterocycles. The van der Waals surface area contributed by atoms with Crippen LogP contribution < -0.4 is 9.62 Å². The van der Waals surface area contributed by atoms with Crippen LogP contribution >= 0.6 is 0 Å². The van der Waals surface area contributed by atoms with Crippen LogP contribution in [0.3, 0.4) is 0 Å². The van der Waals surface area contributed by atoms with Crippen molar-refractivity contribution in [1.82, 2.24) is 14.7 Å². The van der Waals surface area contributed by atoms with Gasteiger partial charge in [0.25, 0.3) is 0 Å². The SMILES string of the molecule is O=S(=O)(NCc1ccnc(N2CCCC2)n1)c1cccc2ccccc12. The van der Waals surface area contributed by atoms with Crippen LogP contribution in [0.4, 0.5) is 5.95 Å². The van der Waals surface area contributed by atoms with Gasteiger partial charge in [-0.3, -0.25) is 0 Å². The molecule has 1 N–H and O–H groups in total. The van der Waals surface area contributed by atoms with Gasteiger partial charge >= 0.3 is 0 Å². The molecule has 0 bridgehead atoms. The van der Waals surface area contributed by atoms with E-state index in [2.05, 4.69) is 19.6 Å². The number of benzene rings is 2. The van der Waals surface area contributed by atoms with Crippen LogP contribution in [0.5, 0.6) is 0 Å². The van der Waals surface area contributed by atoms with E-state index in [9.17, 15) is 8.42 Å².